The average Bonchev–Trinajstić information content (AvgIpc) is 2.40. The maximum absolute atomic E-state index is 8.58. The van der Waals surface area contributed by atoms with Gasteiger partial charge in [0.1, 0.15) is 0 Å². The monoisotopic (exact) mass is 280 g/mol. The molecule has 0 unspecified atom stereocenters. The summed E-state index contributed by atoms with van der Waals surface area (Å²) in [6, 6.07) is 0. The summed E-state index contributed by atoms with van der Waals surface area (Å²) in [5, 5.41) is 8.58. The van der Waals surface area contributed by atoms with Gasteiger partial charge in [0.15, 0.2) is 0 Å². The van der Waals surface area contributed by atoms with Gasteiger partial charge in [-0.2, -0.15) is 0 Å². The van der Waals surface area contributed by atoms with Gasteiger partial charge in [-0.3, -0.25) is 0 Å². The van der Waals surface area contributed by atoms with Crippen molar-refractivity contribution in [1.82, 2.24) is 0 Å². The predicted molar refractivity (Wildman–Crippen MR) is 78.5 cm³/mol. The molecule has 4 saturated carbocycles. The van der Waals surface area contributed by atoms with Crippen molar-refractivity contribution in [3.05, 3.63) is 12.2 Å². The fourth-order valence-electron chi connectivity index (χ4n) is 5.12. The number of aliphatic hydroxyl groups is 1. The van der Waals surface area contributed by atoms with E-state index < -0.39 is 0 Å². The van der Waals surface area contributed by atoms with Crippen molar-refractivity contribution < 1.29 is 14.6 Å². The van der Waals surface area contributed by atoms with Crippen molar-refractivity contribution in [2.45, 2.75) is 38.5 Å². The highest BCUT2D eigenvalue weighted by Crippen LogP contribution is 2.60. The molecule has 4 aliphatic rings. The normalized spacial score (nSPS) is 39.0. The summed E-state index contributed by atoms with van der Waals surface area (Å²) in [6.07, 6.45) is 13.5. The summed E-state index contributed by atoms with van der Waals surface area (Å²) in [6.45, 7) is 2.39. The Morgan fingerprint density at radius 1 is 0.900 bits per heavy atom. The second-order valence-corrected chi connectivity index (χ2v) is 7.09. The molecule has 4 aliphatic carbocycles. The minimum Gasteiger partial charge on any atom is -0.394 e. The van der Waals surface area contributed by atoms with E-state index in [1.54, 1.807) is 0 Å². The maximum Gasteiger partial charge on any atom is 0.0704 e. The topological polar surface area (TPSA) is 38.7 Å². The highest BCUT2D eigenvalue weighted by molar-refractivity contribution is 5.10. The fraction of sp³-hybridized carbons (Fsp3) is 0.882. The fourth-order valence-corrected chi connectivity index (χ4v) is 5.12. The molecule has 1 N–H and O–H groups in total. The zero-order chi connectivity index (χ0) is 13.8. The molecule has 4 rings (SSSR count). The van der Waals surface area contributed by atoms with Crippen LogP contribution >= 0.6 is 0 Å². The van der Waals surface area contributed by atoms with E-state index >= 15 is 0 Å². The van der Waals surface area contributed by atoms with E-state index in [0.29, 0.717) is 31.8 Å². The number of hydrogen-bond acceptors (Lipinski definition) is 3. The molecule has 4 bridgehead atoms. The van der Waals surface area contributed by atoms with E-state index in [2.05, 4.69) is 12.2 Å². The molecule has 3 heteroatoms. The van der Waals surface area contributed by atoms with E-state index in [1.165, 1.54) is 38.5 Å². The molecule has 0 aromatic carbocycles. The molecule has 0 saturated heterocycles. The van der Waals surface area contributed by atoms with E-state index in [4.69, 9.17) is 14.6 Å². The lowest BCUT2D eigenvalue weighted by Crippen LogP contribution is -2.45. The molecule has 0 amide bonds. The number of allylic oxidation sites excluding steroid dienone is 1. The molecular formula is C17H28O3. The first-order chi connectivity index (χ1) is 9.80. The molecule has 0 heterocycles. The van der Waals surface area contributed by atoms with Gasteiger partial charge in [0.25, 0.3) is 0 Å². The van der Waals surface area contributed by atoms with Crippen LogP contribution in [0.3, 0.4) is 0 Å². The minimum absolute atomic E-state index is 0.0892. The van der Waals surface area contributed by atoms with Crippen molar-refractivity contribution in [2.24, 2.45) is 23.2 Å². The molecule has 114 valence electrons. The Morgan fingerprint density at radius 3 is 2.10 bits per heavy atom. The third-order valence-electron chi connectivity index (χ3n) is 5.38. The molecule has 0 radical (unpaired) electrons. The number of ether oxygens (including phenoxy) is 2. The predicted octanol–water partition coefficient (Wildman–Crippen LogP) is 2.78. The highest BCUT2D eigenvalue weighted by Gasteiger charge is 2.49. The van der Waals surface area contributed by atoms with Gasteiger partial charge in [0, 0.05) is 0 Å². The average molecular weight is 280 g/mol. The summed E-state index contributed by atoms with van der Waals surface area (Å²) in [5.41, 5.74) is 0.519. The lowest BCUT2D eigenvalue weighted by Gasteiger charge is -2.55. The van der Waals surface area contributed by atoms with Crippen LogP contribution in [0, 0.1) is 23.2 Å². The minimum atomic E-state index is 0.0892. The summed E-state index contributed by atoms with van der Waals surface area (Å²) in [7, 11) is 0. The summed E-state index contributed by atoms with van der Waals surface area (Å²) < 4.78 is 10.7. The van der Waals surface area contributed by atoms with Crippen LogP contribution in [0.25, 0.3) is 0 Å². The quantitative estimate of drug-likeness (QED) is 0.549. The van der Waals surface area contributed by atoms with E-state index in [1.807, 2.05) is 0 Å². The number of aliphatic hydroxyl groups excluding tert-OH is 1. The zero-order valence-electron chi connectivity index (χ0n) is 12.4. The van der Waals surface area contributed by atoms with Gasteiger partial charge in [-0.05, 0) is 61.7 Å². The largest absolute Gasteiger partial charge is 0.394 e. The van der Waals surface area contributed by atoms with Crippen molar-refractivity contribution in [1.29, 1.82) is 0 Å². The van der Waals surface area contributed by atoms with Gasteiger partial charge in [0.05, 0.1) is 33.0 Å². The van der Waals surface area contributed by atoms with Gasteiger partial charge in [0.2, 0.25) is 0 Å². The first-order valence-electron chi connectivity index (χ1n) is 8.24. The van der Waals surface area contributed by atoms with Crippen LogP contribution in [0.2, 0.25) is 0 Å². The van der Waals surface area contributed by atoms with Crippen molar-refractivity contribution in [3.8, 4) is 0 Å². The van der Waals surface area contributed by atoms with Crippen molar-refractivity contribution in [2.75, 3.05) is 33.0 Å². The molecular weight excluding hydrogens is 252 g/mol. The second kappa shape index (κ2) is 6.59. The van der Waals surface area contributed by atoms with Crippen molar-refractivity contribution in [3.63, 3.8) is 0 Å². The molecule has 0 aromatic rings. The first-order valence-corrected chi connectivity index (χ1v) is 8.24. The molecule has 0 aliphatic heterocycles. The van der Waals surface area contributed by atoms with E-state index in [0.717, 1.165) is 17.8 Å². The molecule has 3 nitrogen and oxygen atoms in total. The summed E-state index contributed by atoms with van der Waals surface area (Å²) in [5.74, 6) is 3.04. The number of rotatable bonds is 8. The Hall–Kier alpha value is -0.380. The summed E-state index contributed by atoms with van der Waals surface area (Å²) in [4.78, 5) is 0. The smallest absolute Gasteiger partial charge is 0.0704 e. The lowest BCUT2D eigenvalue weighted by molar-refractivity contribution is -0.0242. The zero-order valence-corrected chi connectivity index (χ0v) is 12.4. The highest BCUT2D eigenvalue weighted by atomic mass is 16.5. The van der Waals surface area contributed by atoms with Crippen LogP contribution in [-0.4, -0.2) is 38.1 Å². The van der Waals surface area contributed by atoms with Crippen LogP contribution in [0.1, 0.15) is 38.5 Å². The van der Waals surface area contributed by atoms with Gasteiger partial charge >= 0.3 is 0 Å². The van der Waals surface area contributed by atoms with E-state index in [9.17, 15) is 0 Å². The van der Waals surface area contributed by atoms with Crippen LogP contribution < -0.4 is 0 Å². The maximum atomic E-state index is 8.58. The second-order valence-electron chi connectivity index (χ2n) is 7.09. The lowest BCUT2D eigenvalue weighted by atomic mass is 9.49. The van der Waals surface area contributed by atoms with Gasteiger partial charge in [-0.15, -0.1) is 0 Å². The summed E-state index contributed by atoms with van der Waals surface area (Å²) >= 11 is 0. The van der Waals surface area contributed by atoms with Crippen LogP contribution in [0.4, 0.5) is 0 Å². The third kappa shape index (κ3) is 3.44. The van der Waals surface area contributed by atoms with Crippen LogP contribution in [-0.2, 0) is 9.47 Å². The van der Waals surface area contributed by atoms with E-state index in [-0.39, 0.29) is 6.61 Å². The molecule has 0 aromatic heterocycles. The molecule has 0 spiro atoms. The van der Waals surface area contributed by atoms with Gasteiger partial charge < -0.3 is 14.6 Å². The molecule has 20 heavy (non-hydrogen) atoms. The molecule has 4 fully saturated rings. The molecule has 0 atom stereocenters. The van der Waals surface area contributed by atoms with Crippen molar-refractivity contribution >= 4 is 0 Å². The number of hydrogen-bond donors (Lipinski definition) is 1. The third-order valence-corrected chi connectivity index (χ3v) is 5.38. The Bertz CT molecular complexity index is 302. The SMILES string of the molecule is OCCOCCOC/C=C/C12CC3CC(CC(C3)C1)C2. The standard InChI is InChI=1S/C17H28O3/c18-3-5-20-7-6-19-4-1-2-17-11-14-8-15(12-17)10-16(9-14)13-17/h1-2,14-16,18H,3-13H2/b2-1+. The van der Waals surface area contributed by atoms with Crippen LogP contribution in [0.5, 0.6) is 0 Å². The Kier molecular flexibility index (Phi) is 4.79. The van der Waals surface area contributed by atoms with Gasteiger partial charge in [-0.1, -0.05) is 12.2 Å². The van der Waals surface area contributed by atoms with Gasteiger partial charge in [-0.25, -0.2) is 0 Å². The first kappa shape index (κ1) is 14.6. The Morgan fingerprint density at radius 2 is 1.50 bits per heavy atom. The Labute approximate surface area is 122 Å². The van der Waals surface area contributed by atoms with Crippen LogP contribution in [0.15, 0.2) is 12.2 Å². The Balaban J connectivity index is 1.38.